The van der Waals surface area contributed by atoms with Crippen LogP contribution in [0.1, 0.15) is 19.3 Å². The highest BCUT2D eigenvalue weighted by atomic mass is 16.6. The maximum absolute atomic E-state index is 5.25. The van der Waals surface area contributed by atoms with E-state index < -0.39 is 0 Å². The molecule has 1 aliphatic heterocycles. The molecule has 1 nitrogen and oxygen atoms in total. The summed E-state index contributed by atoms with van der Waals surface area (Å²) in [6.45, 7) is 0. The van der Waals surface area contributed by atoms with Crippen molar-refractivity contribution in [3.8, 4) is 0 Å². The zero-order chi connectivity index (χ0) is 4.69. The molecule has 0 N–H and O–H groups in total. The lowest BCUT2D eigenvalue weighted by Gasteiger charge is -2.00. The minimum Gasteiger partial charge on any atom is -0.370 e. The van der Waals surface area contributed by atoms with Gasteiger partial charge in [0.15, 0.2) is 0 Å². The first-order valence-electron chi connectivity index (χ1n) is 2.94. The van der Waals surface area contributed by atoms with Gasteiger partial charge in [-0.1, -0.05) is 0 Å². The third kappa shape index (κ3) is 0.556. The highest BCUT2D eigenvalue weighted by molar-refractivity contribution is 4.94. The van der Waals surface area contributed by atoms with Crippen molar-refractivity contribution in [3.05, 3.63) is 6.42 Å². The molecule has 2 unspecified atom stereocenters. The van der Waals surface area contributed by atoms with Gasteiger partial charge in [0.2, 0.25) is 0 Å². The van der Waals surface area contributed by atoms with E-state index in [1.54, 1.807) is 0 Å². The van der Waals surface area contributed by atoms with E-state index in [1.807, 2.05) is 0 Å². The van der Waals surface area contributed by atoms with Crippen molar-refractivity contribution in [2.45, 2.75) is 31.5 Å². The molecule has 1 heteroatoms. The number of hydrogen-bond acceptors (Lipinski definition) is 1. The van der Waals surface area contributed by atoms with Crippen LogP contribution in [0.2, 0.25) is 0 Å². The summed E-state index contributed by atoms with van der Waals surface area (Å²) in [5, 5.41) is 0. The Balaban J connectivity index is 1.95. The second kappa shape index (κ2) is 1.22. The Bertz CT molecular complexity index is 70.2. The molecule has 0 aromatic heterocycles. The predicted octanol–water partition coefficient (Wildman–Crippen LogP) is 1.14. The zero-order valence-corrected chi connectivity index (χ0v) is 4.26. The van der Waals surface area contributed by atoms with Gasteiger partial charge in [-0.05, 0) is 25.7 Å². The average molecular weight is 97.1 g/mol. The molecule has 2 rings (SSSR count). The molecule has 1 heterocycles. The summed E-state index contributed by atoms with van der Waals surface area (Å²) < 4.78 is 5.25. The van der Waals surface area contributed by atoms with Crippen LogP contribution in [-0.4, -0.2) is 12.2 Å². The SMILES string of the molecule is [CH]1CCC2OC2C1. The lowest BCUT2D eigenvalue weighted by Crippen LogP contribution is -2.00. The van der Waals surface area contributed by atoms with Gasteiger partial charge in [0.05, 0.1) is 12.2 Å². The molecule has 7 heavy (non-hydrogen) atoms. The Morgan fingerprint density at radius 2 is 2.43 bits per heavy atom. The normalized spacial score (nSPS) is 48.0. The van der Waals surface area contributed by atoms with Gasteiger partial charge in [-0.15, -0.1) is 0 Å². The molecule has 1 saturated heterocycles. The Hall–Kier alpha value is -0.0400. The van der Waals surface area contributed by atoms with Crippen LogP contribution < -0.4 is 0 Å². The summed E-state index contributed by atoms with van der Waals surface area (Å²) in [6.07, 6.45) is 7.42. The molecule has 2 atom stereocenters. The van der Waals surface area contributed by atoms with Gasteiger partial charge in [0, 0.05) is 0 Å². The lowest BCUT2D eigenvalue weighted by molar-refractivity contribution is 0.374. The first kappa shape index (κ1) is 3.90. The summed E-state index contributed by atoms with van der Waals surface area (Å²) in [5.74, 6) is 0. The number of rotatable bonds is 0. The van der Waals surface area contributed by atoms with E-state index in [4.69, 9.17) is 4.74 Å². The van der Waals surface area contributed by atoms with Crippen LogP contribution in [0.4, 0.5) is 0 Å². The van der Waals surface area contributed by atoms with Crippen molar-refractivity contribution in [2.24, 2.45) is 0 Å². The van der Waals surface area contributed by atoms with Crippen LogP contribution >= 0.6 is 0 Å². The minimum absolute atomic E-state index is 0.647. The van der Waals surface area contributed by atoms with Crippen molar-refractivity contribution in [3.63, 3.8) is 0 Å². The largest absolute Gasteiger partial charge is 0.370 e. The van der Waals surface area contributed by atoms with Crippen molar-refractivity contribution < 1.29 is 4.74 Å². The van der Waals surface area contributed by atoms with E-state index in [0.717, 1.165) is 0 Å². The third-order valence-electron chi connectivity index (χ3n) is 1.74. The van der Waals surface area contributed by atoms with Crippen LogP contribution in [0.25, 0.3) is 0 Å². The topological polar surface area (TPSA) is 12.5 Å². The van der Waals surface area contributed by atoms with Crippen LogP contribution in [0.15, 0.2) is 0 Å². The van der Waals surface area contributed by atoms with Gasteiger partial charge in [-0.2, -0.15) is 0 Å². The predicted molar refractivity (Wildman–Crippen MR) is 26.8 cm³/mol. The third-order valence-corrected chi connectivity index (χ3v) is 1.74. The van der Waals surface area contributed by atoms with Gasteiger partial charge in [-0.3, -0.25) is 0 Å². The molecule has 0 bridgehead atoms. The molecule has 0 spiro atoms. The summed E-state index contributed by atoms with van der Waals surface area (Å²) in [4.78, 5) is 0. The molecule has 1 radical (unpaired) electrons. The second-order valence-corrected chi connectivity index (χ2v) is 2.31. The smallest absolute Gasteiger partial charge is 0.0844 e. The summed E-state index contributed by atoms with van der Waals surface area (Å²) in [6, 6.07) is 0. The fourth-order valence-corrected chi connectivity index (χ4v) is 1.20. The number of hydrogen-bond donors (Lipinski definition) is 0. The van der Waals surface area contributed by atoms with E-state index in [0.29, 0.717) is 12.2 Å². The van der Waals surface area contributed by atoms with Crippen LogP contribution in [0.3, 0.4) is 0 Å². The molecule has 0 aromatic carbocycles. The fourth-order valence-electron chi connectivity index (χ4n) is 1.20. The highest BCUT2D eigenvalue weighted by Crippen LogP contribution is 2.35. The standard InChI is InChI=1S/C6H9O/c1-2-4-6-5(3-1)7-6/h1,5-6H,2-4H2. The van der Waals surface area contributed by atoms with Gasteiger partial charge in [0.25, 0.3) is 0 Å². The molecule has 1 aliphatic carbocycles. The molecular weight excluding hydrogens is 88.1 g/mol. The van der Waals surface area contributed by atoms with E-state index >= 15 is 0 Å². The van der Waals surface area contributed by atoms with Gasteiger partial charge >= 0.3 is 0 Å². The maximum atomic E-state index is 5.25. The Kier molecular flexibility index (Phi) is 0.680. The van der Waals surface area contributed by atoms with E-state index in [9.17, 15) is 0 Å². The molecule has 0 aromatic rings. The van der Waals surface area contributed by atoms with Gasteiger partial charge in [-0.25, -0.2) is 0 Å². The van der Waals surface area contributed by atoms with Crippen LogP contribution in [-0.2, 0) is 4.74 Å². The van der Waals surface area contributed by atoms with Gasteiger partial charge < -0.3 is 4.74 Å². The molecule has 1 saturated carbocycles. The molecular formula is C6H9O. The fraction of sp³-hybridized carbons (Fsp3) is 0.833. The summed E-state index contributed by atoms with van der Waals surface area (Å²) in [7, 11) is 0. The van der Waals surface area contributed by atoms with E-state index in [1.165, 1.54) is 19.3 Å². The maximum Gasteiger partial charge on any atom is 0.0844 e. The van der Waals surface area contributed by atoms with E-state index in [2.05, 4.69) is 6.42 Å². The number of epoxide rings is 1. The number of fused-ring (bicyclic) bond motifs is 1. The molecule has 0 amide bonds. The first-order valence-corrected chi connectivity index (χ1v) is 2.94. The Morgan fingerprint density at radius 3 is 3.00 bits per heavy atom. The minimum atomic E-state index is 0.647. The quantitative estimate of drug-likeness (QED) is 0.413. The molecule has 2 fully saturated rings. The first-order chi connectivity index (χ1) is 3.47. The Morgan fingerprint density at radius 1 is 1.43 bits per heavy atom. The van der Waals surface area contributed by atoms with Crippen molar-refractivity contribution in [1.82, 2.24) is 0 Å². The van der Waals surface area contributed by atoms with Crippen molar-refractivity contribution in [1.29, 1.82) is 0 Å². The van der Waals surface area contributed by atoms with Crippen LogP contribution in [0, 0.1) is 6.42 Å². The summed E-state index contributed by atoms with van der Waals surface area (Å²) >= 11 is 0. The van der Waals surface area contributed by atoms with Crippen molar-refractivity contribution in [2.75, 3.05) is 0 Å². The monoisotopic (exact) mass is 97.1 g/mol. The number of ether oxygens (including phenoxy) is 1. The van der Waals surface area contributed by atoms with E-state index in [-0.39, 0.29) is 0 Å². The average Bonchev–Trinajstić information content (AvgIpc) is 2.41. The lowest BCUT2D eigenvalue weighted by atomic mass is 10.0. The van der Waals surface area contributed by atoms with Gasteiger partial charge in [0.1, 0.15) is 0 Å². The zero-order valence-electron chi connectivity index (χ0n) is 4.26. The molecule has 2 aliphatic rings. The second-order valence-electron chi connectivity index (χ2n) is 2.31. The van der Waals surface area contributed by atoms with Crippen molar-refractivity contribution >= 4 is 0 Å². The summed E-state index contributed by atoms with van der Waals surface area (Å²) in [5.41, 5.74) is 0. The Labute approximate surface area is 43.7 Å². The highest BCUT2D eigenvalue weighted by Gasteiger charge is 2.39. The molecule has 39 valence electrons. The van der Waals surface area contributed by atoms with Crippen LogP contribution in [0.5, 0.6) is 0 Å².